The summed E-state index contributed by atoms with van der Waals surface area (Å²) in [4.78, 5) is 28.6. The molecule has 3 heterocycles. The number of fused-ring (bicyclic) bond motifs is 1. The van der Waals surface area contributed by atoms with Gasteiger partial charge in [0, 0.05) is 18.8 Å². The zero-order valence-corrected chi connectivity index (χ0v) is 17.7. The number of pyridine rings is 1. The summed E-state index contributed by atoms with van der Waals surface area (Å²) in [5.41, 5.74) is 0.710. The summed E-state index contributed by atoms with van der Waals surface area (Å²) >= 11 is 0. The summed E-state index contributed by atoms with van der Waals surface area (Å²) in [7, 11) is 0. The van der Waals surface area contributed by atoms with Gasteiger partial charge in [0.05, 0.1) is 16.5 Å². The molecule has 0 spiro atoms. The van der Waals surface area contributed by atoms with E-state index in [0.717, 1.165) is 18.9 Å². The Hall–Kier alpha value is -3.10. The second-order valence-electron chi connectivity index (χ2n) is 8.76. The van der Waals surface area contributed by atoms with Gasteiger partial charge in [0.15, 0.2) is 5.78 Å². The molecule has 2 aliphatic rings. The van der Waals surface area contributed by atoms with E-state index in [4.69, 9.17) is 0 Å². The maximum Gasteiger partial charge on any atom is 0.226 e. The number of rotatable bonds is 8. The lowest BCUT2D eigenvalue weighted by atomic mass is 9.94. The van der Waals surface area contributed by atoms with Crippen LogP contribution in [-0.4, -0.2) is 44.5 Å². The van der Waals surface area contributed by atoms with Crippen LogP contribution in [-0.2, 0) is 0 Å². The number of carbonyl (C=O) groups is 1. The van der Waals surface area contributed by atoms with Crippen LogP contribution >= 0.6 is 0 Å². The molecule has 3 aromatic heterocycles. The number of halogens is 2. The number of aromatic nitrogens is 4. The predicted octanol–water partition coefficient (Wildman–Crippen LogP) is 4.63. The zero-order valence-electron chi connectivity index (χ0n) is 17.7. The number of hydrogen-bond acceptors (Lipinski definition) is 6. The van der Waals surface area contributed by atoms with Crippen LogP contribution in [0.15, 0.2) is 24.7 Å². The van der Waals surface area contributed by atoms with Crippen molar-refractivity contribution in [1.82, 2.24) is 19.9 Å². The van der Waals surface area contributed by atoms with Crippen molar-refractivity contribution in [2.24, 2.45) is 5.92 Å². The maximum absolute atomic E-state index is 14.8. The Balaban J connectivity index is 1.35. The average molecular weight is 440 g/mol. The van der Waals surface area contributed by atoms with Crippen LogP contribution in [0.4, 0.5) is 20.4 Å². The standard InChI is InChI=1S/C23H26F2N6O/c24-14-3-5-15(6-4-14)30-18-8-7-16(21(25)31-18)20(32)17-11-27-23-19(17)22(28-12-29-23)26-10-9-13-1-2-13/h7-8,11-15H,1-6,9-10H2,(H,30,31)(H2,26,27,28,29). The molecular formula is C23H26F2N6O. The van der Waals surface area contributed by atoms with Crippen molar-refractivity contribution >= 4 is 28.5 Å². The van der Waals surface area contributed by atoms with Crippen molar-refractivity contribution in [1.29, 1.82) is 0 Å². The molecule has 9 heteroatoms. The van der Waals surface area contributed by atoms with Gasteiger partial charge in [0.1, 0.15) is 29.8 Å². The van der Waals surface area contributed by atoms with Gasteiger partial charge in [-0.05, 0) is 50.2 Å². The van der Waals surface area contributed by atoms with Gasteiger partial charge >= 0.3 is 0 Å². The van der Waals surface area contributed by atoms with Crippen LogP contribution in [0.3, 0.4) is 0 Å². The van der Waals surface area contributed by atoms with Crippen LogP contribution in [0.25, 0.3) is 11.0 Å². The van der Waals surface area contributed by atoms with E-state index in [1.807, 2.05) is 0 Å². The van der Waals surface area contributed by atoms with E-state index in [1.54, 1.807) is 6.07 Å². The summed E-state index contributed by atoms with van der Waals surface area (Å²) in [6.07, 6.45) is 8.15. The molecule has 3 N–H and O–H groups in total. The lowest BCUT2D eigenvalue weighted by Crippen LogP contribution is -2.27. The van der Waals surface area contributed by atoms with Crippen molar-refractivity contribution in [3.63, 3.8) is 0 Å². The minimum absolute atomic E-state index is 0.0606. The second kappa shape index (κ2) is 8.80. The molecule has 0 aliphatic heterocycles. The number of alkyl halides is 1. The minimum Gasteiger partial charge on any atom is -0.369 e. The Bertz CT molecular complexity index is 1120. The molecule has 32 heavy (non-hydrogen) atoms. The first-order valence-corrected chi connectivity index (χ1v) is 11.3. The third-order valence-corrected chi connectivity index (χ3v) is 6.36. The Morgan fingerprint density at radius 1 is 1.09 bits per heavy atom. The van der Waals surface area contributed by atoms with Gasteiger partial charge in [-0.3, -0.25) is 4.79 Å². The SMILES string of the molecule is O=C(c1ccc(NC2CCC(F)CC2)nc1F)c1c[nH]c2ncnc(NCCC3CC3)c12. The molecular weight excluding hydrogens is 414 g/mol. The summed E-state index contributed by atoms with van der Waals surface area (Å²) in [5.74, 6) is 0.368. The highest BCUT2D eigenvalue weighted by Crippen LogP contribution is 2.33. The summed E-state index contributed by atoms with van der Waals surface area (Å²) < 4.78 is 28.1. The number of H-pyrrole nitrogens is 1. The molecule has 7 nitrogen and oxygen atoms in total. The second-order valence-corrected chi connectivity index (χ2v) is 8.76. The molecule has 2 aliphatic carbocycles. The highest BCUT2D eigenvalue weighted by Gasteiger charge is 2.24. The fraction of sp³-hybridized carbons (Fsp3) is 0.478. The van der Waals surface area contributed by atoms with Crippen LogP contribution in [0, 0.1) is 11.9 Å². The Labute approximate surface area is 184 Å². The van der Waals surface area contributed by atoms with E-state index >= 15 is 0 Å². The third kappa shape index (κ3) is 4.42. The van der Waals surface area contributed by atoms with Gasteiger partial charge < -0.3 is 15.6 Å². The molecule has 2 saturated carbocycles. The predicted molar refractivity (Wildman–Crippen MR) is 118 cm³/mol. The Morgan fingerprint density at radius 3 is 2.66 bits per heavy atom. The highest BCUT2D eigenvalue weighted by molar-refractivity contribution is 6.18. The third-order valence-electron chi connectivity index (χ3n) is 6.36. The van der Waals surface area contributed by atoms with E-state index in [-0.39, 0.29) is 11.6 Å². The normalized spacial score (nSPS) is 20.9. The first-order valence-electron chi connectivity index (χ1n) is 11.3. The summed E-state index contributed by atoms with van der Waals surface area (Å²) in [5, 5.41) is 7.00. The molecule has 0 saturated heterocycles. The molecule has 0 atom stereocenters. The maximum atomic E-state index is 14.8. The van der Waals surface area contributed by atoms with E-state index in [9.17, 15) is 13.6 Å². The van der Waals surface area contributed by atoms with Crippen molar-refractivity contribution < 1.29 is 13.6 Å². The van der Waals surface area contributed by atoms with Gasteiger partial charge in [0.25, 0.3) is 0 Å². The molecule has 0 radical (unpaired) electrons. The highest BCUT2D eigenvalue weighted by atomic mass is 19.1. The number of ketones is 1. The molecule has 2 fully saturated rings. The van der Waals surface area contributed by atoms with Gasteiger partial charge in [-0.2, -0.15) is 4.39 Å². The fourth-order valence-electron chi connectivity index (χ4n) is 4.31. The zero-order chi connectivity index (χ0) is 22.1. The number of anilines is 2. The van der Waals surface area contributed by atoms with Gasteiger partial charge in [-0.15, -0.1) is 0 Å². The van der Waals surface area contributed by atoms with Gasteiger partial charge in [-0.1, -0.05) is 12.8 Å². The van der Waals surface area contributed by atoms with E-state index in [2.05, 4.69) is 30.6 Å². The number of carbonyl (C=O) groups excluding carboxylic acids is 1. The quantitative estimate of drug-likeness (QED) is 0.349. The van der Waals surface area contributed by atoms with Crippen LogP contribution < -0.4 is 10.6 Å². The smallest absolute Gasteiger partial charge is 0.226 e. The summed E-state index contributed by atoms with van der Waals surface area (Å²) in [6.45, 7) is 0.760. The van der Waals surface area contributed by atoms with Crippen molar-refractivity contribution in [2.75, 3.05) is 17.2 Å². The molecule has 0 bridgehead atoms. The molecule has 3 aromatic rings. The lowest BCUT2D eigenvalue weighted by molar-refractivity contribution is 0.103. The molecule has 0 unspecified atom stereocenters. The monoisotopic (exact) mass is 440 g/mol. The van der Waals surface area contributed by atoms with E-state index in [0.29, 0.717) is 53.9 Å². The number of hydrogen-bond donors (Lipinski definition) is 3. The number of nitrogens with zero attached hydrogens (tertiary/aromatic N) is 3. The van der Waals surface area contributed by atoms with E-state index < -0.39 is 17.9 Å². The summed E-state index contributed by atoms with van der Waals surface area (Å²) in [6, 6.07) is 3.10. The van der Waals surface area contributed by atoms with Gasteiger partial charge in [0.2, 0.25) is 5.95 Å². The molecule has 168 valence electrons. The lowest BCUT2D eigenvalue weighted by Gasteiger charge is -2.25. The fourth-order valence-corrected chi connectivity index (χ4v) is 4.31. The Morgan fingerprint density at radius 2 is 1.91 bits per heavy atom. The van der Waals surface area contributed by atoms with Crippen molar-refractivity contribution in [2.45, 2.75) is 57.2 Å². The largest absolute Gasteiger partial charge is 0.369 e. The Kier molecular flexibility index (Phi) is 5.71. The number of aromatic amines is 1. The molecule has 0 aromatic carbocycles. The van der Waals surface area contributed by atoms with E-state index in [1.165, 1.54) is 31.4 Å². The van der Waals surface area contributed by atoms with Crippen molar-refractivity contribution in [3.8, 4) is 0 Å². The van der Waals surface area contributed by atoms with Crippen LogP contribution in [0.1, 0.15) is 60.9 Å². The molecule has 0 amide bonds. The average Bonchev–Trinajstić information content (AvgIpc) is 3.51. The van der Waals surface area contributed by atoms with Crippen molar-refractivity contribution in [3.05, 3.63) is 41.7 Å². The molecule has 5 rings (SSSR count). The van der Waals surface area contributed by atoms with Gasteiger partial charge in [-0.25, -0.2) is 19.3 Å². The topological polar surface area (TPSA) is 95.6 Å². The number of nitrogens with one attached hydrogen (secondary N) is 3. The minimum atomic E-state index is -0.839. The van der Waals surface area contributed by atoms with Crippen LogP contribution in [0.5, 0.6) is 0 Å². The first-order chi connectivity index (χ1) is 15.6. The first kappa shape index (κ1) is 20.8. The van der Waals surface area contributed by atoms with Crippen LogP contribution in [0.2, 0.25) is 0 Å².